The number of carboxylic acid groups (broad SMARTS) is 2. The van der Waals surface area contributed by atoms with Crippen LogP contribution in [0.2, 0.25) is 0 Å². The number of nitrogens with one attached hydrogen (secondary N) is 3. The van der Waals surface area contributed by atoms with Crippen molar-refractivity contribution in [3.05, 3.63) is 0 Å². The van der Waals surface area contributed by atoms with Crippen molar-refractivity contribution in [2.45, 2.75) is 90.4 Å². The zero-order valence-corrected chi connectivity index (χ0v) is 20.5. The van der Waals surface area contributed by atoms with Crippen LogP contribution in [0.25, 0.3) is 0 Å². The average Bonchev–Trinajstić information content (AvgIpc) is 2.75. The highest BCUT2D eigenvalue weighted by Gasteiger charge is 2.32. The van der Waals surface area contributed by atoms with Crippen LogP contribution in [0.15, 0.2) is 0 Å². The van der Waals surface area contributed by atoms with Crippen molar-refractivity contribution in [3.8, 4) is 0 Å². The Morgan fingerprint density at radius 1 is 0.824 bits per heavy atom. The molecule has 0 rings (SSSR count). The molecule has 0 unspecified atom stereocenters. The topological polar surface area (TPSA) is 214 Å². The van der Waals surface area contributed by atoms with E-state index >= 15 is 0 Å². The van der Waals surface area contributed by atoms with Crippen LogP contribution in [-0.4, -0.2) is 70.6 Å². The first-order valence-corrected chi connectivity index (χ1v) is 11.6. The fraction of sp³-hybridized carbons (Fsp3) is 0.773. The SMILES string of the molecule is CC[C@H](C)[C@H](N)C(=O)N[C@@H](CCCCN)C(=O)N[C@@H](CC(=O)O)C(=O)N[C@@H](CC(C)C)C(=O)O. The van der Waals surface area contributed by atoms with Gasteiger partial charge in [-0.25, -0.2) is 4.79 Å². The summed E-state index contributed by atoms with van der Waals surface area (Å²) in [5, 5.41) is 25.8. The molecular formula is C22H41N5O7. The molecule has 196 valence electrons. The van der Waals surface area contributed by atoms with Crippen LogP contribution in [0.3, 0.4) is 0 Å². The van der Waals surface area contributed by atoms with Gasteiger partial charge in [0.05, 0.1) is 12.5 Å². The van der Waals surface area contributed by atoms with E-state index in [1.807, 2.05) is 6.92 Å². The third kappa shape index (κ3) is 11.9. The zero-order chi connectivity index (χ0) is 26.4. The van der Waals surface area contributed by atoms with E-state index in [9.17, 15) is 34.2 Å². The van der Waals surface area contributed by atoms with E-state index in [0.29, 0.717) is 25.8 Å². The second-order valence-corrected chi connectivity index (χ2v) is 8.94. The average molecular weight is 488 g/mol. The molecule has 12 heteroatoms. The Bertz CT molecular complexity index is 701. The molecule has 34 heavy (non-hydrogen) atoms. The molecule has 0 saturated heterocycles. The van der Waals surface area contributed by atoms with Crippen LogP contribution in [-0.2, 0) is 24.0 Å². The van der Waals surface area contributed by atoms with Crippen LogP contribution in [0.1, 0.15) is 66.2 Å². The van der Waals surface area contributed by atoms with E-state index in [1.165, 1.54) is 0 Å². The summed E-state index contributed by atoms with van der Waals surface area (Å²) in [6.45, 7) is 7.61. The van der Waals surface area contributed by atoms with Crippen LogP contribution in [0.5, 0.6) is 0 Å². The summed E-state index contributed by atoms with van der Waals surface area (Å²) in [5.41, 5.74) is 11.5. The monoisotopic (exact) mass is 487 g/mol. The van der Waals surface area contributed by atoms with Gasteiger partial charge in [0.2, 0.25) is 17.7 Å². The first kappa shape index (κ1) is 31.3. The number of hydrogen-bond donors (Lipinski definition) is 7. The Morgan fingerprint density at radius 3 is 1.82 bits per heavy atom. The van der Waals surface area contributed by atoms with Crippen molar-refractivity contribution in [1.29, 1.82) is 0 Å². The molecule has 0 aliphatic heterocycles. The lowest BCUT2D eigenvalue weighted by Crippen LogP contribution is -2.58. The first-order chi connectivity index (χ1) is 15.8. The van der Waals surface area contributed by atoms with Gasteiger partial charge in [0.25, 0.3) is 0 Å². The second-order valence-electron chi connectivity index (χ2n) is 8.94. The summed E-state index contributed by atoms with van der Waals surface area (Å²) >= 11 is 0. The van der Waals surface area contributed by atoms with Gasteiger partial charge >= 0.3 is 11.9 Å². The van der Waals surface area contributed by atoms with Gasteiger partial charge in [-0.2, -0.15) is 0 Å². The first-order valence-electron chi connectivity index (χ1n) is 11.6. The largest absolute Gasteiger partial charge is 0.481 e. The molecule has 0 bridgehead atoms. The highest BCUT2D eigenvalue weighted by molar-refractivity contribution is 5.95. The van der Waals surface area contributed by atoms with Crippen molar-refractivity contribution in [1.82, 2.24) is 16.0 Å². The Balaban J connectivity index is 5.56. The number of rotatable bonds is 17. The maximum atomic E-state index is 12.9. The smallest absolute Gasteiger partial charge is 0.326 e. The van der Waals surface area contributed by atoms with Gasteiger partial charge in [-0.1, -0.05) is 34.1 Å². The number of nitrogens with two attached hydrogens (primary N) is 2. The van der Waals surface area contributed by atoms with Crippen molar-refractivity contribution in [3.63, 3.8) is 0 Å². The van der Waals surface area contributed by atoms with Gasteiger partial charge in [-0.15, -0.1) is 0 Å². The number of aliphatic carboxylic acids is 2. The third-order valence-electron chi connectivity index (χ3n) is 5.47. The Hall–Kier alpha value is -2.73. The molecule has 12 nitrogen and oxygen atoms in total. The fourth-order valence-corrected chi connectivity index (χ4v) is 3.16. The molecule has 0 heterocycles. The van der Waals surface area contributed by atoms with Crippen LogP contribution >= 0.6 is 0 Å². The lowest BCUT2D eigenvalue weighted by atomic mass is 9.98. The summed E-state index contributed by atoms with van der Waals surface area (Å²) in [7, 11) is 0. The van der Waals surface area contributed by atoms with Crippen LogP contribution < -0.4 is 27.4 Å². The molecule has 0 spiro atoms. The second kappa shape index (κ2) is 16.0. The molecule has 0 aromatic rings. The third-order valence-corrected chi connectivity index (χ3v) is 5.47. The van der Waals surface area contributed by atoms with E-state index in [2.05, 4.69) is 16.0 Å². The molecule has 9 N–H and O–H groups in total. The van der Waals surface area contributed by atoms with Crippen LogP contribution in [0.4, 0.5) is 0 Å². The van der Waals surface area contributed by atoms with Crippen molar-refractivity contribution in [2.75, 3.05) is 6.54 Å². The van der Waals surface area contributed by atoms with E-state index in [4.69, 9.17) is 11.5 Å². The van der Waals surface area contributed by atoms with Crippen molar-refractivity contribution in [2.24, 2.45) is 23.3 Å². The Labute approximate surface area is 200 Å². The molecule has 0 aromatic heterocycles. The van der Waals surface area contributed by atoms with Crippen molar-refractivity contribution >= 4 is 29.7 Å². The Kier molecular flexibility index (Phi) is 14.7. The van der Waals surface area contributed by atoms with Gasteiger partial charge in [-0.3, -0.25) is 19.2 Å². The van der Waals surface area contributed by atoms with Crippen LogP contribution in [0, 0.1) is 11.8 Å². The molecule has 0 aromatic carbocycles. The number of carboxylic acids is 2. The van der Waals surface area contributed by atoms with E-state index in [1.54, 1.807) is 20.8 Å². The fourth-order valence-electron chi connectivity index (χ4n) is 3.16. The van der Waals surface area contributed by atoms with Gasteiger partial charge in [0, 0.05) is 0 Å². The Morgan fingerprint density at radius 2 is 1.35 bits per heavy atom. The highest BCUT2D eigenvalue weighted by atomic mass is 16.4. The maximum Gasteiger partial charge on any atom is 0.326 e. The van der Waals surface area contributed by atoms with Gasteiger partial charge in [-0.05, 0) is 44.1 Å². The predicted octanol–water partition coefficient (Wildman–Crippen LogP) is -0.451. The number of carbonyl (C=O) groups excluding carboxylic acids is 3. The number of unbranched alkanes of at least 4 members (excludes halogenated alkanes) is 1. The zero-order valence-electron chi connectivity index (χ0n) is 20.5. The number of hydrogen-bond acceptors (Lipinski definition) is 7. The molecule has 0 radical (unpaired) electrons. The summed E-state index contributed by atoms with van der Waals surface area (Å²) in [5.74, 6) is -5.06. The minimum atomic E-state index is -1.53. The minimum Gasteiger partial charge on any atom is -0.481 e. The summed E-state index contributed by atoms with van der Waals surface area (Å²) in [4.78, 5) is 60.9. The van der Waals surface area contributed by atoms with Gasteiger partial charge in [0.15, 0.2) is 0 Å². The standard InChI is InChI=1S/C22H41N5O7/c1-5-13(4)18(24)21(32)25-14(8-6-7-9-23)19(30)26-15(11-17(28)29)20(31)27-16(22(33)34)10-12(2)3/h12-16,18H,5-11,23-24H2,1-4H3,(H,25,32)(H,26,30)(H,27,31)(H,28,29)(H,33,34)/t13-,14-,15-,16-,18-/m0/s1. The molecule has 0 saturated carbocycles. The quantitative estimate of drug-likeness (QED) is 0.132. The molecule has 0 aliphatic rings. The lowest BCUT2D eigenvalue weighted by Gasteiger charge is -2.26. The molecule has 0 fully saturated rings. The van der Waals surface area contributed by atoms with E-state index in [-0.39, 0.29) is 24.7 Å². The summed E-state index contributed by atoms with van der Waals surface area (Å²) in [6.07, 6.45) is 1.31. The summed E-state index contributed by atoms with van der Waals surface area (Å²) < 4.78 is 0. The maximum absolute atomic E-state index is 12.9. The normalized spacial score (nSPS) is 15.5. The van der Waals surface area contributed by atoms with Gasteiger partial charge in [0.1, 0.15) is 18.1 Å². The van der Waals surface area contributed by atoms with E-state index < -0.39 is 60.2 Å². The van der Waals surface area contributed by atoms with E-state index in [0.717, 1.165) is 0 Å². The number of amides is 3. The minimum absolute atomic E-state index is 0.0502. The molecule has 0 aliphatic carbocycles. The van der Waals surface area contributed by atoms with Crippen molar-refractivity contribution < 1.29 is 34.2 Å². The molecular weight excluding hydrogens is 446 g/mol. The molecule has 3 amide bonds. The molecule has 5 atom stereocenters. The highest BCUT2D eigenvalue weighted by Crippen LogP contribution is 2.09. The lowest BCUT2D eigenvalue weighted by molar-refractivity contribution is -0.144. The predicted molar refractivity (Wildman–Crippen MR) is 125 cm³/mol. The summed E-state index contributed by atoms with van der Waals surface area (Å²) in [6, 6.07) is -4.69. The van der Waals surface area contributed by atoms with Gasteiger partial charge < -0.3 is 37.6 Å². The number of carbonyl (C=O) groups is 5.